The van der Waals surface area contributed by atoms with Crippen molar-refractivity contribution in [3.8, 4) is 0 Å². The summed E-state index contributed by atoms with van der Waals surface area (Å²) < 4.78 is 1.38. The lowest BCUT2D eigenvalue weighted by Gasteiger charge is -2.20. The molecule has 2 rings (SSSR count). The number of rotatable bonds is 3. The molecule has 17 heavy (non-hydrogen) atoms. The van der Waals surface area contributed by atoms with Crippen LogP contribution in [0.4, 0.5) is 0 Å². The monoisotopic (exact) mass is 237 g/mol. The first-order valence-corrected chi connectivity index (χ1v) is 5.53. The van der Waals surface area contributed by atoms with Gasteiger partial charge < -0.3 is 4.90 Å². The van der Waals surface area contributed by atoms with E-state index in [-0.39, 0.29) is 30.2 Å². The Balaban J connectivity index is 1.96. The first kappa shape index (κ1) is 11.6. The second-order valence-electron chi connectivity index (χ2n) is 4.39. The summed E-state index contributed by atoms with van der Waals surface area (Å²) in [6.07, 6.45) is 3.07. The van der Waals surface area contributed by atoms with Crippen LogP contribution in [0.2, 0.25) is 0 Å². The zero-order valence-corrected chi connectivity index (χ0v) is 9.83. The van der Waals surface area contributed by atoms with Crippen molar-refractivity contribution in [2.75, 3.05) is 12.0 Å². The van der Waals surface area contributed by atoms with Crippen LogP contribution in [-0.4, -0.2) is 44.2 Å². The van der Waals surface area contributed by atoms with Gasteiger partial charge in [-0.1, -0.05) is 0 Å². The molecular weight excluding hydrogens is 222 g/mol. The molecule has 0 aliphatic carbocycles. The highest BCUT2D eigenvalue weighted by molar-refractivity contribution is 5.93. The first-order valence-electron chi connectivity index (χ1n) is 5.53. The van der Waals surface area contributed by atoms with Gasteiger partial charge >= 0.3 is 0 Å². The SMILES string of the molecule is CC(C)N1C[C@H](C(=O)Nn2cnnc2)CC1=O. The molecule has 0 bridgehead atoms. The van der Waals surface area contributed by atoms with Gasteiger partial charge in [-0.15, -0.1) is 10.2 Å². The molecule has 1 saturated heterocycles. The number of hydrogen-bond acceptors (Lipinski definition) is 4. The van der Waals surface area contributed by atoms with E-state index in [2.05, 4.69) is 15.6 Å². The van der Waals surface area contributed by atoms with Gasteiger partial charge in [0.25, 0.3) is 0 Å². The van der Waals surface area contributed by atoms with Crippen molar-refractivity contribution in [1.82, 2.24) is 19.8 Å². The highest BCUT2D eigenvalue weighted by atomic mass is 16.2. The third-order valence-electron chi connectivity index (χ3n) is 2.81. The minimum atomic E-state index is -0.299. The number of aromatic nitrogens is 3. The molecule has 0 spiro atoms. The number of hydrogen-bond donors (Lipinski definition) is 1. The Labute approximate surface area is 98.8 Å². The lowest BCUT2D eigenvalue weighted by molar-refractivity contribution is -0.129. The van der Waals surface area contributed by atoms with E-state index in [1.54, 1.807) is 4.90 Å². The minimum absolute atomic E-state index is 0.0314. The lowest BCUT2D eigenvalue weighted by atomic mass is 10.1. The molecule has 0 radical (unpaired) electrons. The Kier molecular flexibility index (Phi) is 3.08. The number of amides is 2. The molecule has 0 unspecified atom stereocenters. The molecule has 1 fully saturated rings. The van der Waals surface area contributed by atoms with E-state index >= 15 is 0 Å². The second kappa shape index (κ2) is 4.52. The zero-order valence-electron chi connectivity index (χ0n) is 9.83. The van der Waals surface area contributed by atoms with Gasteiger partial charge in [-0.05, 0) is 13.8 Å². The quantitative estimate of drug-likeness (QED) is 0.776. The van der Waals surface area contributed by atoms with Crippen LogP contribution in [0.25, 0.3) is 0 Å². The van der Waals surface area contributed by atoms with Gasteiger partial charge in [0.15, 0.2) is 0 Å². The first-order chi connectivity index (χ1) is 8.08. The molecule has 2 heterocycles. The Morgan fingerprint density at radius 3 is 2.65 bits per heavy atom. The second-order valence-corrected chi connectivity index (χ2v) is 4.39. The number of likely N-dealkylation sites (tertiary alicyclic amines) is 1. The topological polar surface area (TPSA) is 80.1 Å². The third kappa shape index (κ3) is 2.43. The molecule has 92 valence electrons. The fourth-order valence-corrected chi connectivity index (χ4v) is 1.88. The van der Waals surface area contributed by atoms with E-state index in [4.69, 9.17) is 0 Å². The highest BCUT2D eigenvalue weighted by Crippen LogP contribution is 2.20. The maximum atomic E-state index is 11.9. The number of nitrogens with one attached hydrogen (secondary N) is 1. The van der Waals surface area contributed by atoms with Gasteiger partial charge in [-0.2, -0.15) is 0 Å². The summed E-state index contributed by atoms with van der Waals surface area (Å²) in [7, 11) is 0. The van der Waals surface area contributed by atoms with Crippen LogP contribution in [0.1, 0.15) is 20.3 Å². The van der Waals surface area contributed by atoms with Crippen LogP contribution in [0, 0.1) is 5.92 Å². The molecule has 7 heteroatoms. The molecule has 1 aromatic rings. The molecule has 0 saturated carbocycles. The molecule has 1 aliphatic heterocycles. The minimum Gasteiger partial charge on any atom is -0.339 e. The van der Waals surface area contributed by atoms with Crippen molar-refractivity contribution in [2.24, 2.45) is 5.92 Å². The summed E-state index contributed by atoms with van der Waals surface area (Å²) in [5, 5.41) is 7.16. The van der Waals surface area contributed by atoms with Gasteiger partial charge in [0.2, 0.25) is 11.8 Å². The summed E-state index contributed by atoms with van der Waals surface area (Å²) >= 11 is 0. The standard InChI is InChI=1S/C10H15N5O2/c1-7(2)15-4-8(3-9(15)16)10(17)13-14-5-11-12-6-14/h5-8H,3-4H2,1-2H3,(H,13,17)/t8-/m1/s1. The van der Waals surface area contributed by atoms with Crippen LogP contribution in [0.5, 0.6) is 0 Å². The van der Waals surface area contributed by atoms with E-state index in [1.807, 2.05) is 13.8 Å². The van der Waals surface area contributed by atoms with Crippen LogP contribution in [0.15, 0.2) is 12.7 Å². The van der Waals surface area contributed by atoms with Gasteiger partial charge in [-0.3, -0.25) is 15.0 Å². The Morgan fingerprint density at radius 1 is 1.47 bits per heavy atom. The number of nitrogens with zero attached hydrogens (tertiary/aromatic N) is 4. The van der Waals surface area contributed by atoms with Crippen LogP contribution in [0.3, 0.4) is 0 Å². The normalized spacial score (nSPS) is 20.1. The van der Waals surface area contributed by atoms with Crippen LogP contribution >= 0.6 is 0 Å². The molecule has 1 aromatic heterocycles. The van der Waals surface area contributed by atoms with Gasteiger partial charge in [-0.25, -0.2) is 4.68 Å². The number of carbonyl (C=O) groups is 2. The molecular formula is C10H15N5O2. The molecule has 1 aliphatic rings. The van der Waals surface area contributed by atoms with Crippen LogP contribution in [-0.2, 0) is 9.59 Å². The maximum Gasteiger partial charge on any atom is 0.244 e. The Bertz CT molecular complexity index is 414. The Morgan fingerprint density at radius 2 is 2.12 bits per heavy atom. The maximum absolute atomic E-state index is 11.9. The predicted molar refractivity (Wildman–Crippen MR) is 59.3 cm³/mol. The van der Waals surface area contributed by atoms with Crippen LogP contribution < -0.4 is 5.43 Å². The smallest absolute Gasteiger partial charge is 0.244 e. The van der Waals surface area contributed by atoms with Crippen molar-refractivity contribution in [3.05, 3.63) is 12.7 Å². The third-order valence-corrected chi connectivity index (χ3v) is 2.81. The predicted octanol–water partition coefficient (Wildman–Crippen LogP) is -0.395. The highest BCUT2D eigenvalue weighted by Gasteiger charge is 2.35. The van der Waals surface area contributed by atoms with Crippen molar-refractivity contribution in [2.45, 2.75) is 26.3 Å². The van der Waals surface area contributed by atoms with E-state index in [9.17, 15) is 9.59 Å². The average Bonchev–Trinajstić information content (AvgIpc) is 2.86. The summed E-state index contributed by atoms with van der Waals surface area (Å²) in [5.41, 5.74) is 2.62. The lowest BCUT2D eigenvalue weighted by Crippen LogP contribution is -2.34. The largest absolute Gasteiger partial charge is 0.339 e. The Hall–Kier alpha value is -1.92. The van der Waals surface area contributed by atoms with Crippen molar-refractivity contribution < 1.29 is 9.59 Å². The van der Waals surface area contributed by atoms with Gasteiger partial charge in [0, 0.05) is 19.0 Å². The van der Waals surface area contributed by atoms with Crippen molar-refractivity contribution >= 4 is 11.8 Å². The zero-order chi connectivity index (χ0) is 12.4. The number of carbonyl (C=O) groups excluding carboxylic acids is 2. The van der Waals surface area contributed by atoms with E-state index in [1.165, 1.54) is 17.3 Å². The van der Waals surface area contributed by atoms with Crippen molar-refractivity contribution in [3.63, 3.8) is 0 Å². The molecule has 1 N–H and O–H groups in total. The summed E-state index contributed by atoms with van der Waals surface area (Å²) in [5.74, 6) is -0.447. The van der Waals surface area contributed by atoms with Gasteiger partial charge in [0.1, 0.15) is 12.7 Å². The summed E-state index contributed by atoms with van der Waals surface area (Å²) in [4.78, 5) is 25.2. The van der Waals surface area contributed by atoms with E-state index in [0.29, 0.717) is 6.54 Å². The summed E-state index contributed by atoms with van der Waals surface area (Å²) in [6.45, 7) is 4.36. The van der Waals surface area contributed by atoms with E-state index in [0.717, 1.165) is 0 Å². The molecule has 2 amide bonds. The summed E-state index contributed by atoms with van der Waals surface area (Å²) in [6, 6.07) is 0.134. The van der Waals surface area contributed by atoms with Crippen molar-refractivity contribution in [1.29, 1.82) is 0 Å². The molecule has 1 atom stereocenters. The fourth-order valence-electron chi connectivity index (χ4n) is 1.88. The average molecular weight is 237 g/mol. The molecule has 7 nitrogen and oxygen atoms in total. The van der Waals surface area contributed by atoms with Gasteiger partial charge in [0.05, 0.1) is 5.92 Å². The van der Waals surface area contributed by atoms with E-state index < -0.39 is 0 Å². The molecule has 0 aromatic carbocycles. The fraction of sp³-hybridized carbons (Fsp3) is 0.600.